The van der Waals surface area contributed by atoms with Crippen molar-refractivity contribution < 1.29 is 29.1 Å². The van der Waals surface area contributed by atoms with Gasteiger partial charge >= 0.3 is 5.97 Å². The zero-order chi connectivity index (χ0) is 32.0. The minimum atomic E-state index is -1.47. The second kappa shape index (κ2) is 17.3. The number of hydrogen-bond acceptors (Lipinski definition) is 8. The summed E-state index contributed by atoms with van der Waals surface area (Å²) in [7, 11) is 1.46. The molecule has 0 saturated carbocycles. The fourth-order valence-electron chi connectivity index (χ4n) is 4.48. The molecule has 0 radical (unpaired) electrons. The van der Waals surface area contributed by atoms with E-state index in [9.17, 15) is 29.1 Å². The molecule has 13 nitrogen and oxygen atoms in total. The van der Waals surface area contributed by atoms with Crippen molar-refractivity contribution in [2.45, 2.75) is 63.7 Å². The summed E-state index contributed by atoms with van der Waals surface area (Å²) in [5.74, 6) is -3.96. The summed E-state index contributed by atoms with van der Waals surface area (Å²) in [5.41, 5.74) is 6.45. The Balaban J connectivity index is 3.56. The van der Waals surface area contributed by atoms with Gasteiger partial charge in [0.15, 0.2) is 0 Å². The van der Waals surface area contributed by atoms with Gasteiger partial charge in [-0.3, -0.25) is 24.0 Å². The lowest BCUT2D eigenvalue weighted by atomic mass is 9.98. The standard InChI is InChI=1S/C29H45N7O6/c1-8-11-20(9-2)14-23-29(42)36(7)26(17(3)4)28(41)34-21(12-10-13-31-19(6)30)18(5)32-16-24(37)33-22(15-25(38)39)27(40)35-23/h8-9,11,17,21-23,26,31-32H,1-2,5-6,10,12-16,30H2,3-4,7H3,(H,33,37)(H,34,41)(H,35,40)(H,38,39)/b20-11+/t21?,22?,23-,26?/m0/s1. The van der Waals surface area contributed by atoms with Crippen molar-refractivity contribution in [3.63, 3.8) is 0 Å². The predicted molar refractivity (Wildman–Crippen MR) is 160 cm³/mol. The van der Waals surface area contributed by atoms with Gasteiger partial charge in [-0.05, 0) is 24.3 Å². The fourth-order valence-corrected chi connectivity index (χ4v) is 4.48. The molecule has 1 rings (SSSR count). The first kappa shape index (κ1) is 35.5. The maximum atomic E-state index is 13.8. The number of carbonyl (C=O) groups is 5. The highest BCUT2D eigenvalue weighted by atomic mass is 16.4. The summed E-state index contributed by atoms with van der Waals surface area (Å²) >= 11 is 0. The van der Waals surface area contributed by atoms with Crippen LogP contribution in [0.1, 0.15) is 39.5 Å². The molecule has 0 bridgehead atoms. The average molecular weight is 588 g/mol. The van der Waals surface area contributed by atoms with Gasteiger partial charge in [-0.1, -0.05) is 58.4 Å². The molecular weight excluding hydrogens is 542 g/mol. The third-order valence-electron chi connectivity index (χ3n) is 6.58. The molecular formula is C29H45N7O6. The third kappa shape index (κ3) is 11.5. The molecule has 0 spiro atoms. The molecule has 4 amide bonds. The van der Waals surface area contributed by atoms with Crippen molar-refractivity contribution >= 4 is 29.6 Å². The maximum absolute atomic E-state index is 13.8. The Morgan fingerprint density at radius 2 is 1.74 bits per heavy atom. The summed E-state index contributed by atoms with van der Waals surface area (Å²) in [4.78, 5) is 66.3. The molecule has 1 saturated heterocycles. The van der Waals surface area contributed by atoms with Gasteiger partial charge in [-0.25, -0.2) is 0 Å². The largest absolute Gasteiger partial charge is 0.481 e. The zero-order valence-electron chi connectivity index (χ0n) is 24.7. The molecule has 1 heterocycles. The zero-order valence-corrected chi connectivity index (χ0v) is 24.7. The highest BCUT2D eigenvalue weighted by Gasteiger charge is 2.36. The van der Waals surface area contributed by atoms with Gasteiger partial charge in [0.05, 0.1) is 24.8 Å². The Kier molecular flexibility index (Phi) is 14.6. The quantitative estimate of drug-likeness (QED) is 0.122. The SMILES string of the molecule is C=C/C=C(\C=C)C[C@@H]1NC(=O)C(CC(=O)O)NC(=O)CNC(=C)C(CCCNC(=C)N)NC(=O)C(C(C)C)N(C)C1=O. The van der Waals surface area contributed by atoms with Crippen LogP contribution < -0.4 is 32.3 Å². The van der Waals surface area contributed by atoms with E-state index >= 15 is 0 Å². The number of hydrogen-bond donors (Lipinski definition) is 7. The van der Waals surface area contributed by atoms with Crippen molar-refractivity contribution in [2.24, 2.45) is 11.7 Å². The summed E-state index contributed by atoms with van der Waals surface area (Å²) in [6.07, 6.45) is 4.82. The van der Waals surface area contributed by atoms with Crippen molar-refractivity contribution in [2.75, 3.05) is 20.1 Å². The van der Waals surface area contributed by atoms with Crippen LogP contribution in [0.15, 0.2) is 61.6 Å². The molecule has 0 aromatic carbocycles. The Labute approximate surface area is 247 Å². The lowest BCUT2D eigenvalue weighted by molar-refractivity contribution is -0.144. The van der Waals surface area contributed by atoms with E-state index < -0.39 is 60.2 Å². The highest BCUT2D eigenvalue weighted by Crippen LogP contribution is 2.17. The second-order valence-electron chi connectivity index (χ2n) is 10.3. The van der Waals surface area contributed by atoms with Gasteiger partial charge in [0.2, 0.25) is 23.6 Å². The minimum Gasteiger partial charge on any atom is -0.481 e. The molecule has 3 unspecified atom stereocenters. The first-order valence-corrected chi connectivity index (χ1v) is 13.6. The van der Waals surface area contributed by atoms with Gasteiger partial charge in [-0.2, -0.15) is 0 Å². The smallest absolute Gasteiger partial charge is 0.305 e. The maximum Gasteiger partial charge on any atom is 0.305 e. The number of amides is 4. The monoisotopic (exact) mass is 587 g/mol. The molecule has 1 aliphatic heterocycles. The van der Waals surface area contributed by atoms with Crippen LogP contribution in [-0.4, -0.2) is 83.9 Å². The van der Waals surface area contributed by atoms with Crippen molar-refractivity contribution in [1.29, 1.82) is 0 Å². The number of allylic oxidation sites excluding steroid dienone is 3. The van der Waals surface area contributed by atoms with Crippen LogP contribution in [0.5, 0.6) is 0 Å². The number of nitrogens with two attached hydrogens (primary N) is 1. The Morgan fingerprint density at radius 3 is 2.29 bits per heavy atom. The average Bonchev–Trinajstić information content (AvgIpc) is 2.90. The molecule has 0 aromatic rings. The van der Waals surface area contributed by atoms with Gasteiger partial charge in [-0.15, -0.1) is 0 Å². The van der Waals surface area contributed by atoms with E-state index in [-0.39, 0.29) is 18.9 Å². The number of nitrogens with zero attached hydrogens (tertiary/aromatic N) is 1. The van der Waals surface area contributed by atoms with E-state index in [1.54, 1.807) is 19.9 Å². The molecule has 0 aliphatic carbocycles. The molecule has 0 aromatic heterocycles. The van der Waals surface area contributed by atoms with E-state index in [1.807, 2.05) is 0 Å². The summed E-state index contributed by atoms with van der Waals surface area (Å²) in [6, 6.07) is -4.26. The van der Waals surface area contributed by atoms with E-state index in [4.69, 9.17) is 5.73 Å². The van der Waals surface area contributed by atoms with E-state index in [2.05, 4.69) is 52.9 Å². The van der Waals surface area contributed by atoms with Crippen LogP contribution in [0.25, 0.3) is 0 Å². The molecule has 8 N–H and O–H groups in total. The number of carboxylic acid groups (broad SMARTS) is 1. The van der Waals surface area contributed by atoms with Gasteiger partial charge in [0, 0.05) is 25.7 Å². The Bertz CT molecular complexity index is 1100. The van der Waals surface area contributed by atoms with Crippen LogP contribution >= 0.6 is 0 Å². The minimum absolute atomic E-state index is 0.0228. The third-order valence-corrected chi connectivity index (χ3v) is 6.58. The fraction of sp³-hybridized carbons (Fsp3) is 0.483. The number of carboxylic acids is 1. The van der Waals surface area contributed by atoms with E-state index in [1.165, 1.54) is 24.1 Å². The normalized spacial score (nSPS) is 23.0. The van der Waals surface area contributed by atoms with Crippen LogP contribution in [-0.2, 0) is 24.0 Å². The molecule has 232 valence electrons. The molecule has 4 atom stereocenters. The van der Waals surface area contributed by atoms with Gasteiger partial charge in [0.25, 0.3) is 0 Å². The molecule has 1 aliphatic rings. The van der Waals surface area contributed by atoms with E-state index in [0.717, 1.165) is 0 Å². The van der Waals surface area contributed by atoms with Crippen molar-refractivity contribution in [3.8, 4) is 0 Å². The van der Waals surface area contributed by atoms with Crippen molar-refractivity contribution in [3.05, 3.63) is 61.6 Å². The topological polar surface area (TPSA) is 195 Å². The molecule has 42 heavy (non-hydrogen) atoms. The Hall–Kier alpha value is -4.55. The summed E-state index contributed by atoms with van der Waals surface area (Å²) in [6.45, 7) is 18.6. The number of aliphatic carboxylic acids is 1. The van der Waals surface area contributed by atoms with Gasteiger partial charge < -0.3 is 42.3 Å². The van der Waals surface area contributed by atoms with Crippen LogP contribution in [0.4, 0.5) is 0 Å². The van der Waals surface area contributed by atoms with E-state index in [0.29, 0.717) is 36.5 Å². The number of likely N-dealkylation sites (N-methyl/N-ethyl adjacent to an activating group) is 1. The van der Waals surface area contributed by atoms with Crippen LogP contribution in [0.2, 0.25) is 0 Å². The van der Waals surface area contributed by atoms with Crippen LogP contribution in [0.3, 0.4) is 0 Å². The number of carbonyl (C=O) groups excluding carboxylic acids is 4. The first-order valence-electron chi connectivity index (χ1n) is 13.6. The summed E-state index contributed by atoms with van der Waals surface area (Å²) in [5, 5.41) is 23.1. The molecule has 1 fully saturated rings. The van der Waals surface area contributed by atoms with Gasteiger partial charge in [0.1, 0.15) is 18.1 Å². The lowest BCUT2D eigenvalue weighted by Crippen LogP contribution is -2.59. The number of rotatable bonds is 12. The van der Waals surface area contributed by atoms with Crippen molar-refractivity contribution in [1.82, 2.24) is 31.5 Å². The first-order chi connectivity index (χ1) is 19.7. The Morgan fingerprint density at radius 1 is 1.10 bits per heavy atom. The highest BCUT2D eigenvalue weighted by molar-refractivity contribution is 5.96. The second-order valence-corrected chi connectivity index (χ2v) is 10.3. The predicted octanol–water partition coefficient (Wildman–Crippen LogP) is 0.00360. The summed E-state index contributed by atoms with van der Waals surface area (Å²) < 4.78 is 0. The molecule has 13 heteroatoms. The lowest BCUT2D eigenvalue weighted by Gasteiger charge is -2.34. The number of nitrogens with one attached hydrogen (secondary N) is 5. The van der Waals surface area contributed by atoms with Crippen LogP contribution in [0, 0.1) is 5.92 Å².